The van der Waals surface area contributed by atoms with Gasteiger partial charge in [0.1, 0.15) is 11.6 Å². The average Bonchev–Trinajstić information content (AvgIpc) is 2.42. The minimum Gasteiger partial charge on any atom is -0.322 e. The summed E-state index contributed by atoms with van der Waals surface area (Å²) in [5.41, 5.74) is 1.18. The lowest BCUT2D eigenvalue weighted by Gasteiger charge is -2.03. The summed E-state index contributed by atoms with van der Waals surface area (Å²) >= 11 is 0. The smallest absolute Gasteiger partial charge is 0.248 e. The second kappa shape index (κ2) is 6.10. The number of amides is 1. The molecule has 0 radical (unpaired) electrons. The maximum absolute atomic E-state index is 13.3. The van der Waals surface area contributed by atoms with Crippen LogP contribution in [0.15, 0.2) is 48.5 Å². The minimum atomic E-state index is -0.448. The van der Waals surface area contributed by atoms with Gasteiger partial charge in [0, 0.05) is 17.3 Å². The Labute approximate surface area is 115 Å². The summed E-state index contributed by atoms with van der Waals surface area (Å²) in [5.74, 6) is -1.24. The highest BCUT2D eigenvalue weighted by Gasteiger charge is 2.02. The van der Waals surface area contributed by atoms with E-state index in [-0.39, 0.29) is 5.82 Å². The molecule has 0 spiro atoms. The molecule has 2 nitrogen and oxygen atoms in total. The number of nitrogens with one attached hydrogen (secondary N) is 1. The molecule has 1 N–H and O–H groups in total. The highest BCUT2D eigenvalue weighted by molar-refractivity contribution is 6.01. The van der Waals surface area contributed by atoms with E-state index < -0.39 is 11.7 Å². The lowest BCUT2D eigenvalue weighted by atomic mass is 10.2. The monoisotopic (exact) mass is 273 g/mol. The fourth-order valence-corrected chi connectivity index (χ4v) is 1.63. The van der Waals surface area contributed by atoms with Crippen LogP contribution < -0.4 is 5.32 Å². The molecular weight excluding hydrogens is 260 g/mol. The summed E-state index contributed by atoms with van der Waals surface area (Å²) in [6, 6.07) is 10.5. The Kier molecular flexibility index (Phi) is 4.25. The van der Waals surface area contributed by atoms with E-state index in [0.29, 0.717) is 16.8 Å². The van der Waals surface area contributed by atoms with Crippen LogP contribution in [0.4, 0.5) is 14.5 Å². The van der Waals surface area contributed by atoms with Crippen LogP contribution in [0.3, 0.4) is 0 Å². The van der Waals surface area contributed by atoms with Crippen LogP contribution in [-0.4, -0.2) is 5.91 Å². The van der Waals surface area contributed by atoms with Crippen LogP contribution in [0.5, 0.6) is 0 Å². The fourth-order valence-electron chi connectivity index (χ4n) is 1.63. The Balaban J connectivity index is 2.06. The van der Waals surface area contributed by atoms with Gasteiger partial charge in [0.2, 0.25) is 5.91 Å². The van der Waals surface area contributed by atoms with E-state index in [1.807, 2.05) is 0 Å². The van der Waals surface area contributed by atoms with E-state index in [0.717, 1.165) is 0 Å². The van der Waals surface area contributed by atoms with Crippen LogP contribution in [0.1, 0.15) is 11.1 Å². The largest absolute Gasteiger partial charge is 0.322 e. The van der Waals surface area contributed by atoms with Gasteiger partial charge < -0.3 is 5.32 Å². The number of carbonyl (C=O) groups excluding carboxylic acids is 1. The molecular formula is C16H13F2NO. The van der Waals surface area contributed by atoms with Crippen molar-refractivity contribution >= 4 is 17.7 Å². The van der Waals surface area contributed by atoms with Crippen molar-refractivity contribution in [1.82, 2.24) is 0 Å². The molecule has 0 saturated carbocycles. The summed E-state index contributed by atoms with van der Waals surface area (Å²) in [4.78, 5) is 11.7. The van der Waals surface area contributed by atoms with Crippen LogP contribution in [0.25, 0.3) is 6.08 Å². The standard InChI is InChI=1S/C16H13F2NO/c1-11-6-8-13(10-15(11)18)19-16(20)9-7-12-4-2-3-5-14(12)17/h2-10H,1H3,(H,19,20)/b9-7+. The Morgan fingerprint density at radius 3 is 2.55 bits per heavy atom. The molecule has 0 aromatic heterocycles. The first-order valence-electron chi connectivity index (χ1n) is 6.06. The number of halogens is 2. The second-order valence-electron chi connectivity index (χ2n) is 4.31. The number of anilines is 1. The molecule has 0 aliphatic carbocycles. The quantitative estimate of drug-likeness (QED) is 0.844. The van der Waals surface area contributed by atoms with Crippen molar-refractivity contribution in [2.45, 2.75) is 6.92 Å². The van der Waals surface area contributed by atoms with Gasteiger partial charge in [-0.05, 0) is 36.8 Å². The lowest BCUT2D eigenvalue weighted by molar-refractivity contribution is -0.111. The van der Waals surface area contributed by atoms with Crippen molar-refractivity contribution < 1.29 is 13.6 Å². The topological polar surface area (TPSA) is 29.1 Å². The van der Waals surface area contributed by atoms with Crippen LogP contribution in [-0.2, 0) is 4.79 Å². The molecule has 0 aliphatic rings. The zero-order chi connectivity index (χ0) is 14.5. The number of aryl methyl sites for hydroxylation is 1. The van der Waals surface area contributed by atoms with Crippen molar-refractivity contribution in [2.75, 3.05) is 5.32 Å². The van der Waals surface area contributed by atoms with E-state index in [9.17, 15) is 13.6 Å². The van der Waals surface area contributed by atoms with Gasteiger partial charge in [0.25, 0.3) is 0 Å². The molecule has 0 unspecified atom stereocenters. The highest BCUT2D eigenvalue weighted by atomic mass is 19.1. The Morgan fingerprint density at radius 1 is 1.10 bits per heavy atom. The van der Waals surface area contributed by atoms with E-state index >= 15 is 0 Å². The molecule has 2 rings (SSSR count). The molecule has 102 valence electrons. The van der Waals surface area contributed by atoms with Crippen molar-refractivity contribution in [3.05, 3.63) is 71.3 Å². The summed E-state index contributed by atoms with van der Waals surface area (Å²) in [5, 5.41) is 2.51. The summed E-state index contributed by atoms with van der Waals surface area (Å²) < 4.78 is 26.6. The Bertz CT molecular complexity index is 665. The molecule has 2 aromatic rings. The minimum absolute atomic E-state index is 0.317. The number of hydrogen-bond acceptors (Lipinski definition) is 1. The number of carbonyl (C=O) groups is 1. The fraction of sp³-hybridized carbons (Fsp3) is 0.0625. The van der Waals surface area contributed by atoms with Gasteiger partial charge in [-0.2, -0.15) is 0 Å². The zero-order valence-corrected chi connectivity index (χ0v) is 10.9. The predicted molar refractivity (Wildman–Crippen MR) is 75.2 cm³/mol. The van der Waals surface area contributed by atoms with Gasteiger partial charge in [-0.1, -0.05) is 24.3 Å². The number of benzene rings is 2. The number of rotatable bonds is 3. The second-order valence-corrected chi connectivity index (χ2v) is 4.31. The van der Waals surface area contributed by atoms with Crippen LogP contribution >= 0.6 is 0 Å². The first-order chi connectivity index (χ1) is 9.56. The summed E-state index contributed by atoms with van der Waals surface area (Å²) in [6.07, 6.45) is 2.57. The van der Waals surface area contributed by atoms with Crippen molar-refractivity contribution in [2.24, 2.45) is 0 Å². The van der Waals surface area contributed by atoms with Crippen molar-refractivity contribution in [3.8, 4) is 0 Å². The highest BCUT2D eigenvalue weighted by Crippen LogP contribution is 2.14. The first kappa shape index (κ1) is 13.9. The van der Waals surface area contributed by atoms with Gasteiger partial charge in [0.05, 0.1) is 0 Å². The van der Waals surface area contributed by atoms with E-state index in [1.54, 1.807) is 37.3 Å². The normalized spacial score (nSPS) is 10.8. The van der Waals surface area contributed by atoms with E-state index in [4.69, 9.17) is 0 Å². The predicted octanol–water partition coefficient (Wildman–Crippen LogP) is 3.93. The SMILES string of the molecule is Cc1ccc(NC(=O)/C=C/c2ccccc2F)cc1F. The third-order valence-corrected chi connectivity index (χ3v) is 2.76. The third kappa shape index (κ3) is 3.51. The lowest BCUT2D eigenvalue weighted by Crippen LogP contribution is -2.08. The van der Waals surface area contributed by atoms with Gasteiger partial charge in [-0.15, -0.1) is 0 Å². The maximum Gasteiger partial charge on any atom is 0.248 e. The Hall–Kier alpha value is -2.49. The molecule has 0 atom stereocenters. The molecule has 0 heterocycles. The Morgan fingerprint density at radius 2 is 1.85 bits per heavy atom. The van der Waals surface area contributed by atoms with Gasteiger partial charge in [-0.25, -0.2) is 8.78 Å². The summed E-state index contributed by atoms with van der Waals surface area (Å²) in [7, 11) is 0. The zero-order valence-electron chi connectivity index (χ0n) is 10.9. The van der Waals surface area contributed by atoms with Crippen LogP contribution in [0.2, 0.25) is 0 Å². The average molecular weight is 273 g/mol. The van der Waals surface area contributed by atoms with E-state index in [1.165, 1.54) is 24.3 Å². The first-order valence-corrected chi connectivity index (χ1v) is 6.06. The number of hydrogen-bond donors (Lipinski definition) is 1. The molecule has 0 aliphatic heterocycles. The molecule has 1 amide bonds. The van der Waals surface area contributed by atoms with Gasteiger partial charge in [-0.3, -0.25) is 4.79 Å². The third-order valence-electron chi connectivity index (χ3n) is 2.76. The summed E-state index contributed by atoms with van der Waals surface area (Å²) in [6.45, 7) is 1.64. The van der Waals surface area contributed by atoms with E-state index in [2.05, 4.69) is 5.32 Å². The molecule has 0 saturated heterocycles. The van der Waals surface area contributed by atoms with Crippen LogP contribution in [0, 0.1) is 18.6 Å². The molecule has 4 heteroatoms. The van der Waals surface area contributed by atoms with Crippen molar-refractivity contribution in [3.63, 3.8) is 0 Å². The van der Waals surface area contributed by atoms with Crippen molar-refractivity contribution in [1.29, 1.82) is 0 Å². The molecule has 0 fully saturated rings. The molecule has 2 aromatic carbocycles. The molecule has 0 bridgehead atoms. The van der Waals surface area contributed by atoms with Gasteiger partial charge >= 0.3 is 0 Å². The molecule has 20 heavy (non-hydrogen) atoms. The maximum atomic E-state index is 13.3. The van der Waals surface area contributed by atoms with Gasteiger partial charge in [0.15, 0.2) is 0 Å².